The summed E-state index contributed by atoms with van der Waals surface area (Å²) in [5.74, 6) is -1.59. The second kappa shape index (κ2) is 8.39. The molecule has 0 aliphatic heterocycles. The summed E-state index contributed by atoms with van der Waals surface area (Å²) in [6.45, 7) is 0. The van der Waals surface area contributed by atoms with E-state index in [1.54, 1.807) is 36.4 Å². The first-order valence-corrected chi connectivity index (χ1v) is 11.3. The fourth-order valence-corrected chi connectivity index (χ4v) is 5.10. The zero-order chi connectivity index (χ0) is 23.1. The molecule has 0 bridgehead atoms. The summed E-state index contributed by atoms with van der Waals surface area (Å²) in [6.07, 6.45) is 0. The van der Waals surface area contributed by atoms with E-state index in [0.717, 1.165) is 4.88 Å². The number of amides is 1. The van der Waals surface area contributed by atoms with Crippen molar-refractivity contribution in [2.75, 3.05) is 0 Å². The van der Waals surface area contributed by atoms with Crippen LogP contribution in [0, 0.1) is 5.82 Å². The number of fused-ring (bicyclic) bond motifs is 2. The highest BCUT2D eigenvalue weighted by atomic mass is 35.5. The molecule has 1 heterocycles. The predicted octanol–water partition coefficient (Wildman–Crippen LogP) is 5.84. The highest BCUT2D eigenvalue weighted by Gasteiger charge is 2.33. The largest absolute Gasteiger partial charge is 0.340 e. The van der Waals surface area contributed by atoms with Gasteiger partial charge in [-0.15, -0.1) is 11.3 Å². The van der Waals surface area contributed by atoms with Crippen LogP contribution in [0.1, 0.15) is 58.7 Å². The van der Waals surface area contributed by atoms with Gasteiger partial charge in [0.1, 0.15) is 5.82 Å². The lowest BCUT2D eigenvalue weighted by molar-refractivity contribution is 0.0941. The zero-order valence-electron chi connectivity index (χ0n) is 17.0. The third-order valence-electron chi connectivity index (χ3n) is 5.58. The fraction of sp³-hybridized carbons (Fsp3) is 0.0385. The SMILES string of the molecule is O=C(N[C@H](c1ccc(F)cc1)c1cccs1)c1ccc2c(c1Cl)C(=O)c1ccccc1C2=O. The summed E-state index contributed by atoms with van der Waals surface area (Å²) >= 11 is 7.99. The quantitative estimate of drug-likeness (QED) is 0.355. The monoisotopic (exact) mass is 475 g/mol. The van der Waals surface area contributed by atoms with Crippen LogP contribution in [0.25, 0.3) is 0 Å². The number of thiophene rings is 1. The molecule has 1 aromatic heterocycles. The van der Waals surface area contributed by atoms with Crippen LogP contribution >= 0.6 is 22.9 Å². The Hall–Kier alpha value is -3.61. The minimum Gasteiger partial charge on any atom is -0.340 e. The van der Waals surface area contributed by atoms with E-state index < -0.39 is 17.7 Å². The van der Waals surface area contributed by atoms with Gasteiger partial charge >= 0.3 is 0 Å². The molecule has 33 heavy (non-hydrogen) atoms. The number of carbonyl (C=O) groups excluding carboxylic acids is 3. The molecule has 1 atom stereocenters. The van der Waals surface area contributed by atoms with Gasteiger partial charge in [-0.1, -0.05) is 54.1 Å². The summed E-state index contributed by atoms with van der Waals surface area (Å²) in [4.78, 5) is 40.1. The third-order valence-corrected chi connectivity index (χ3v) is 6.91. The molecule has 0 fully saturated rings. The lowest BCUT2D eigenvalue weighted by atomic mass is 9.83. The van der Waals surface area contributed by atoms with E-state index in [0.29, 0.717) is 11.1 Å². The topological polar surface area (TPSA) is 63.2 Å². The van der Waals surface area contributed by atoms with Crippen LogP contribution in [-0.4, -0.2) is 17.5 Å². The number of benzene rings is 3. The van der Waals surface area contributed by atoms with Gasteiger partial charge < -0.3 is 5.32 Å². The first-order valence-electron chi connectivity index (χ1n) is 10.1. The Morgan fingerprint density at radius 1 is 0.848 bits per heavy atom. The van der Waals surface area contributed by atoms with Crippen LogP contribution in [0.4, 0.5) is 4.39 Å². The Kier molecular flexibility index (Phi) is 5.40. The van der Waals surface area contributed by atoms with Crippen molar-refractivity contribution in [2.24, 2.45) is 0 Å². The average Bonchev–Trinajstić information content (AvgIpc) is 3.36. The Labute approximate surface area is 197 Å². The van der Waals surface area contributed by atoms with Gasteiger partial charge in [0.05, 0.1) is 22.2 Å². The highest BCUT2D eigenvalue weighted by Crippen LogP contribution is 2.34. The van der Waals surface area contributed by atoms with E-state index in [1.165, 1.54) is 35.6 Å². The van der Waals surface area contributed by atoms with Crippen molar-refractivity contribution < 1.29 is 18.8 Å². The van der Waals surface area contributed by atoms with Gasteiger partial charge in [0.2, 0.25) is 0 Å². The normalized spacial score (nSPS) is 13.3. The maximum absolute atomic E-state index is 13.4. The van der Waals surface area contributed by atoms with E-state index in [2.05, 4.69) is 5.32 Å². The van der Waals surface area contributed by atoms with Crippen LogP contribution in [0.15, 0.2) is 78.2 Å². The van der Waals surface area contributed by atoms with Gasteiger partial charge in [-0.2, -0.15) is 0 Å². The summed E-state index contributed by atoms with van der Waals surface area (Å²) in [5, 5.41) is 4.75. The van der Waals surface area contributed by atoms with Gasteiger partial charge in [-0.3, -0.25) is 14.4 Å². The molecule has 5 rings (SSSR count). The van der Waals surface area contributed by atoms with Crippen molar-refractivity contribution in [3.63, 3.8) is 0 Å². The summed E-state index contributed by atoms with van der Waals surface area (Å²) in [5.41, 5.74) is 1.56. The van der Waals surface area contributed by atoms with Crippen molar-refractivity contribution in [1.82, 2.24) is 5.32 Å². The average molecular weight is 476 g/mol. The number of hydrogen-bond donors (Lipinski definition) is 1. The lowest BCUT2D eigenvalue weighted by Gasteiger charge is -2.21. The van der Waals surface area contributed by atoms with Crippen molar-refractivity contribution in [3.05, 3.63) is 127 Å². The molecule has 1 N–H and O–H groups in total. The van der Waals surface area contributed by atoms with Crippen molar-refractivity contribution in [2.45, 2.75) is 6.04 Å². The lowest BCUT2D eigenvalue weighted by Crippen LogP contribution is -2.30. The smallest absolute Gasteiger partial charge is 0.253 e. The minimum atomic E-state index is -0.539. The number of hydrogen-bond acceptors (Lipinski definition) is 4. The molecule has 0 unspecified atom stereocenters. The molecule has 0 radical (unpaired) electrons. The van der Waals surface area contributed by atoms with Crippen molar-refractivity contribution in [1.29, 1.82) is 0 Å². The Morgan fingerprint density at radius 3 is 2.21 bits per heavy atom. The molecule has 1 aliphatic carbocycles. The Balaban J connectivity index is 1.53. The first kappa shape index (κ1) is 21.2. The number of rotatable bonds is 4. The molecule has 7 heteroatoms. The van der Waals surface area contributed by atoms with E-state index >= 15 is 0 Å². The molecule has 0 saturated carbocycles. The van der Waals surface area contributed by atoms with E-state index in [9.17, 15) is 18.8 Å². The molecule has 0 spiro atoms. The molecule has 1 amide bonds. The molecule has 1 aliphatic rings. The maximum atomic E-state index is 13.4. The van der Waals surface area contributed by atoms with Crippen LogP contribution < -0.4 is 5.32 Å². The first-order chi connectivity index (χ1) is 16.0. The summed E-state index contributed by atoms with van der Waals surface area (Å²) in [6, 6.07) is 18.5. The zero-order valence-corrected chi connectivity index (χ0v) is 18.5. The van der Waals surface area contributed by atoms with E-state index in [4.69, 9.17) is 11.6 Å². The minimum absolute atomic E-state index is 0.0301. The number of carbonyl (C=O) groups is 3. The van der Waals surface area contributed by atoms with E-state index in [-0.39, 0.29) is 38.9 Å². The second-order valence-electron chi connectivity index (χ2n) is 7.53. The van der Waals surface area contributed by atoms with Crippen LogP contribution in [0.5, 0.6) is 0 Å². The number of nitrogens with one attached hydrogen (secondary N) is 1. The van der Waals surface area contributed by atoms with Crippen molar-refractivity contribution in [3.8, 4) is 0 Å². The standard InChI is InChI=1S/C26H15ClFNO3S/c27-22-19(12-11-18-21(22)25(31)17-5-2-1-4-16(17)24(18)30)26(32)29-23(20-6-3-13-33-20)14-7-9-15(28)10-8-14/h1-13,23H,(H,29,32)/t23-/m1/s1. The fourth-order valence-electron chi connectivity index (χ4n) is 3.96. The Morgan fingerprint density at radius 2 is 1.55 bits per heavy atom. The van der Waals surface area contributed by atoms with E-state index in [1.807, 2.05) is 17.5 Å². The van der Waals surface area contributed by atoms with Gasteiger partial charge in [-0.05, 0) is 41.3 Å². The molecule has 162 valence electrons. The molecular formula is C26H15ClFNO3S. The van der Waals surface area contributed by atoms with Crippen LogP contribution in [0.2, 0.25) is 5.02 Å². The Bertz CT molecular complexity index is 1410. The van der Waals surface area contributed by atoms with Gasteiger partial charge in [-0.25, -0.2) is 4.39 Å². The van der Waals surface area contributed by atoms with Gasteiger partial charge in [0, 0.05) is 21.6 Å². The second-order valence-corrected chi connectivity index (χ2v) is 8.88. The highest BCUT2D eigenvalue weighted by molar-refractivity contribution is 7.10. The van der Waals surface area contributed by atoms with Crippen molar-refractivity contribution >= 4 is 40.4 Å². The summed E-state index contributed by atoms with van der Waals surface area (Å²) in [7, 11) is 0. The van der Waals surface area contributed by atoms with Crippen LogP contribution in [-0.2, 0) is 0 Å². The molecule has 4 nitrogen and oxygen atoms in total. The number of halogens is 2. The van der Waals surface area contributed by atoms with Gasteiger partial charge in [0.25, 0.3) is 5.91 Å². The molecule has 4 aromatic rings. The molecule has 0 saturated heterocycles. The maximum Gasteiger partial charge on any atom is 0.253 e. The number of ketones is 2. The predicted molar refractivity (Wildman–Crippen MR) is 125 cm³/mol. The third kappa shape index (κ3) is 3.67. The molecular weight excluding hydrogens is 461 g/mol. The summed E-state index contributed by atoms with van der Waals surface area (Å²) < 4.78 is 13.4. The van der Waals surface area contributed by atoms with Crippen LogP contribution in [0.3, 0.4) is 0 Å². The molecule has 3 aromatic carbocycles. The van der Waals surface area contributed by atoms with Gasteiger partial charge in [0.15, 0.2) is 11.6 Å².